The molecule has 0 saturated carbocycles. The van der Waals surface area contributed by atoms with Gasteiger partial charge < -0.3 is 4.85 Å². The summed E-state index contributed by atoms with van der Waals surface area (Å²) in [6, 6.07) is 1.72. The van der Waals surface area contributed by atoms with Gasteiger partial charge in [-0.05, 0) is 0 Å². The maximum Gasteiger partial charge on any atom is 0.327 e. The largest absolute Gasteiger partial charge is 0.358 e. The zero-order valence-corrected chi connectivity index (χ0v) is 6.70. The van der Waals surface area contributed by atoms with E-state index < -0.39 is 5.69 Å². The maximum atomic E-state index is 10.8. The van der Waals surface area contributed by atoms with Crippen LogP contribution in [0.5, 0.6) is 0 Å². The molecule has 0 aliphatic carbocycles. The van der Waals surface area contributed by atoms with Gasteiger partial charge in [0, 0.05) is 0 Å². The molecule has 14 heavy (non-hydrogen) atoms. The van der Waals surface area contributed by atoms with E-state index in [0.29, 0.717) is 0 Å². The van der Waals surface area contributed by atoms with Crippen molar-refractivity contribution in [3.05, 3.63) is 27.6 Å². The molecule has 0 fully saturated rings. The van der Waals surface area contributed by atoms with E-state index in [0.717, 1.165) is 0 Å². The van der Waals surface area contributed by atoms with Crippen LogP contribution in [0.1, 0.15) is 5.69 Å². The first-order valence-corrected chi connectivity index (χ1v) is 3.52. The SMILES string of the molecule is [C-]#[N+]c1nc2[nH]c(=O)[nH]c2nc1C#N. The molecule has 66 valence electrons. The van der Waals surface area contributed by atoms with Gasteiger partial charge in [0.05, 0.1) is 0 Å². The Hall–Kier alpha value is -2.67. The molecule has 0 aliphatic heterocycles. The van der Waals surface area contributed by atoms with Gasteiger partial charge in [0.2, 0.25) is 5.65 Å². The molecule has 2 heterocycles. The van der Waals surface area contributed by atoms with Crippen molar-refractivity contribution < 1.29 is 0 Å². The van der Waals surface area contributed by atoms with Crippen LogP contribution in [0.3, 0.4) is 0 Å². The molecular formula is C7H2N6O. The number of aromatic nitrogens is 4. The molecule has 0 saturated heterocycles. The van der Waals surface area contributed by atoms with E-state index in [2.05, 4.69) is 24.8 Å². The summed E-state index contributed by atoms with van der Waals surface area (Å²) < 4.78 is 0. The number of aromatic amines is 2. The number of nitriles is 1. The molecule has 0 atom stereocenters. The fourth-order valence-electron chi connectivity index (χ4n) is 1.00. The van der Waals surface area contributed by atoms with Crippen LogP contribution in [0.15, 0.2) is 4.79 Å². The molecule has 0 spiro atoms. The average Bonchev–Trinajstić information content (AvgIpc) is 2.54. The second-order valence-corrected chi connectivity index (χ2v) is 2.40. The number of imidazole rings is 1. The molecule has 0 bridgehead atoms. The van der Waals surface area contributed by atoms with Crippen LogP contribution >= 0.6 is 0 Å². The van der Waals surface area contributed by atoms with Crippen molar-refractivity contribution in [3.63, 3.8) is 0 Å². The molecule has 2 aromatic heterocycles. The Bertz CT molecular complexity index is 583. The molecular weight excluding hydrogens is 184 g/mol. The Balaban J connectivity index is 2.91. The fraction of sp³-hybridized carbons (Fsp3) is 0. The number of rotatable bonds is 0. The van der Waals surface area contributed by atoms with Crippen molar-refractivity contribution in [3.8, 4) is 6.07 Å². The third-order valence-corrected chi connectivity index (χ3v) is 1.55. The van der Waals surface area contributed by atoms with Crippen molar-refractivity contribution >= 4 is 17.1 Å². The summed E-state index contributed by atoms with van der Waals surface area (Å²) in [4.78, 5) is 26.1. The second kappa shape index (κ2) is 2.68. The average molecular weight is 186 g/mol. The first-order valence-electron chi connectivity index (χ1n) is 3.52. The van der Waals surface area contributed by atoms with Crippen molar-refractivity contribution in [1.29, 1.82) is 5.26 Å². The Morgan fingerprint density at radius 3 is 2.57 bits per heavy atom. The number of fused-ring (bicyclic) bond motifs is 1. The topological polar surface area (TPSA) is 103 Å². The summed E-state index contributed by atoms with van der Waals surface area (Å²) in [6.45, 7) is 6.74. The van der Waals surface area contributed by atoms with E-state index in [1.54, 1.807) is 6.07 Å². The Kier molecular flexibility index (Phi) is 1.52. The lowest BCUT2D eigenvalue weighted by atomic mass is 10.4. The van der Waals surface area contributed by atoms with Gasteiger partial charge in [0.25, 0.3) is 5.65 Å². The molecule has 2 N–H and O–H groups in total. The van der Waals surface area contributed by atoms with E-state index >= 15 is 0 Å². The van der Waals surface area contributed by atoms with Crippen molar-refractivity contribution in [2.75, 3.05) is 0 Å². The van der Waals surface area contributed by atoms with Crippen LogP contribution in [-0.4, -0.2) is 19.9 Å². The van der Waals surface area contributed by atoms with Crippen LogP contribution in [0.25, 0.3) is 16.1 Å². The monoisotopic (exact) mass is 186 g/mol. The van der Waals surface area contributed by atoms with Crippen molar-refractivity contribution in [2.45, 2.75) is 0 Å². The Labute approximate surface area is 76.9 Å². The third-order valence-electron chi connectivity index (χ3n) is 1.55. The lowest BCUT2D eigenvalue weighted by Crippen LogP contribution is -1.99. The second-order valence-electron chi connectivity index (χ2n) is 2.40. The summed E-state index contributed by atoms with van der Waals surface area (Å²) >= 11 is 0. The van der Waals surface area contributed by atoms with Gasteiger partial charge in [0.15, 0.2) is 5.69 Å². The summed E-state index contributed by atoms with van der Waals surface area (Å²) in [7, 11) is 0. The highest BCUT2D eigenvalue weighted by Crippen LogP contribution is 2.14. The number of nitrogens with zero attached hydrogens (tertiary/aromatic N) is 4. The lowest BCUT2D eigenvalue weighted by Gasteiger charge is -1.89. The highest BCUT2D eigenvalue weighted by Gasteiger charge is 2.11. The van der Waals surface area contributed by atoms with Gasteiger partial charge in [-0.25, -0.2) is 9.78 Å². The number of H-pyrrole nitrogens is 2. The predicted octanol–water partition coefficient (Wildman–Crippen LogP) is 0.0687. The van der Waals surface area contributed by atoms with Gasteiger partial charge in [-0.3, -0.25) is 9.97 Å². The molecule has 7 nitrogen and oxygen atoms in total. The van der Waals surface area contributed by atoms with Crippen molar-refractivity contribution in [1.82, 2.24) is 19.9 Å². The fourth-order valence-corrected chi connectivity index (χ4v) is 1.00. The van der Waals surface area contributed by atoms with Gasteiger partial charge in [-0.2, -0.15) is 5.26 Å². The zero-order chi connectivity index (χ0) is 10.1. The van der Waals surface area contributed by atoms with Gasteiger partial charge >= 0.3 is 11.5 Å². The normalized spacial score (nSPS) is 9.57. The number of hydrogen-bond acceptors (Lipinski definition) is 4. The van der Waals surface area contributed by atoms with Gasteiger partial charge in [-0.1, -0.05) is 11.6 Å². The molecule has 0 aromatic carbocycles. The lowest BCUT2D eigenvalue weighted by molar-refractivity contribution is 1.19. The van der Waals surface area contributed by atoms with Crippen LogP contribution in [0, 0.1) is 17.9 Å². The molecule has 0 aliphatic rings. The van der Waals surface area contributed by atoms with Crippen molar-refractivity contribution in [2.24, 2.45) is 0 Å². The first-order chi connectivity index (χ1) is 6.74. The number of hydrogen-bond donors (Lipinski definition) is 2. The van der Waals surface area contributed by atoms with Gasteiger partial charge in [-0.15, -0.1) is 0 Å². The summed E-state index contributed by atoms with van der Waals surface area (Å²) in [5.74, 6) is -0.116. The summed E-state index contributed by atoms with van der Waals surface area (Å²) in [5.41, 5.74) is -0.201. The molecule has 0 unspecified atom stereocenters. The minimum Gasteiger partial charge on any atom is -0.358 e. The molecule has 0 radical (unpaired) electrons. The zero-order valence-electron chi connectivity index (χ0n) is 6.70. The van der Waals surface area contributed by atoms with E-state index in [1.165, 1.54) is 0 Å². The van der Waals surface area contributed by atoms with E-state index in [4.69, 9.17) is 11.8 Å². The Morgan fingerprint density at radius 1 is 1.36 bits per heavy atom. The quantitative estimate of drug-likeness (QED) is 0.568. The van der Waals surface area contributed by atoms with Crippen LogP contribution in [0.2, 0.25) is 0 Å². The minimum atomic E-state index is -0.467. The highest BCUT2D eigenvalue weighted by molar-refractivity contribution is 5.69. The van der Waals surface area contributed by atoms with Crippen LogP contribution < -0.4 is 5.69 Å². The smallest absolute Gasteiger partial charge is 0.327 e. The van der Waals surface area contributed by atoms with E-state index in [1.807, 2.05) is 0 Å². The molecule has 2 aromatic rings. The third kappa shape index (κ3) is 1.01. The summed E-state index contributed by atoms with van der Waals surface area (Å²) in [6.07, 6.45) is 0. The molecule has 7 heteroatoms. The minimum absolute atomic E-state index is 0.0947. The predicted molar refractivity (Wildman–Crippen MR) is 45.5 cm³/mol. The first kappa shape index (κ1) is 7.95. The number of nitrogens with one attached hydrogen (secondary N) is 2. The van der Waals surface area contributed by atoms with E-state index in [9.17, 15) is 4.79 Å². The maximum absolute atomic E-state index is 10.8. The Morgan fingerprint density at radius 2 is 2.00 bits per heavy atom. The van der Waals surface area contributed by atoms with E-state index in [-0.39, 0.29) is 22.8 Å². The standard InChI is InChI=1S/C7H2N6O/c1-9-4-3(2-8)10-5-6(11-4)13-7(14)12-5/h(H2,10,11,12,13,14). The summed E-state index contributed by atoms with van der Waals surface area (Å²) in [5, 5.41) is 8.62. The van der Waals surface area contributed by atoms with Crippen LogP contribution in [0.4, 0.5) is 5.82 Å². The van der Waals surface area contributed by atoms with Crippen LogP contribution in [-0.2, 0) is 0 Å². The molecule has 0 amide bonds. The van der Waals surface area contributed by atoms with Gasteiger partial charge in [0.1, 0.15) is 6.07 Å². The highest BCUT2D eigenvalue weighted by atomic mass is 16.1. The molecule has 2 rings (SSSR count).